The number of nitrogens with one attached hydrogen (secondary N) is 4. The molecule has 0 saturated heterocycles. The van der Waals surface area contributed by atoms with Crippen LogP contribution in [0.2, 0.25) is 0 Å². The molecule has 0 bridgehead atoms. The van der Waals surface area contributed by atoms with E-state index in [1.807, 2.05) is 36.4 Å². The molecule has 2 rings (SSSR count). The first-order valence-electron chi connectivity index (χ1n) is 14.1. The molecule has 2 aromatic carbocycles. The largest absolute Gasteiger partial charge is 0.445 e. The van der Waals surface area contributed by atoms with Crippen molar-refractivity contribution in [3.8, 4) is 0 Å². The number of aliphatic imine (C=N–C) groups is 1. The molecule has 14 nitrogen and oxygen atoms in total. The number of hydrogen-bond donors (Lipinski definition) is 7. The number of rotatable bonds is 17. The number of aliphatic hydroxyl groups excluding tert-OH is 1. The molecular weight excluding hydrogens is 570 g/mol. The lowest BCUT2D eigenvalue weighted by Crippen LogP contribution is -2.59. The fourth-order valence-electron chi connectivity index (χ4n) is 4.11. The Labute approximate surface area is 256 Å². The fourth-order valence-corrected chi connectivity index (χ4v) is 4.11. The van der Waals surface area contributed by atoms with Gasteiger partial charge >= 0.3 is 6.09 Å². The van der Waals surface area contributed by atoms with Gasteiger partial charge in [0, 0.05) is 13.6 Å². The molecule has 238 valence electrons. The van der Waals surface area contributed by atoms with Gasteiger partial charge in [0.25, 0.3) is 5.91 Å². The number of nitrogens with two attached hydrogens (primary N) is 2. The van der Waals surface area contributed by atoms with Crippen molar-refractivity contribution in [2.45, 2.75) is 63.4 Å². The number of carbonyl (C=O) groups excluding carboxylic acids is 5. The summed E-state index contributed by atoms with van der Waals surface area (Å²) in [5.41, 5.74) is 12.3. The third kappa shape index (κ3) is 12.5. The summed E-state index contributed by atoms with van der Waals surface area (Å²) in [6, 6.07) is 14.3. The number of amides is 4. The highest BCUT2D eigenvalue weighted by Crippen LogP contribution is 2.09. The van der Waals surface area contributed by atoms with E-state index >= 15 is 0 Å². The predicted octanol–water partition coefficient (Wildman–Crippen LogP) is -0.367. The summed E-state index contributed by atoms with van der Waals surface area (Å²) in [6.07, 6.45) is -1.46. The van der Waals surface area contributed by atoms with Crippen molar-refractivity contribution < 1.29 is 33.8 Å². The van der Waals surface area contributed by atoms with Crippen LogP contribution in [0.4, 0.5) is 4.79 Å². The minimum atomic E-state index is -1.53. The highest BCUT2D eigenvalue weighted by molar-refractivity contribution is 6.38. The summed E-state index contributed by atoms with van der Waals surface area (Å²) < 4.78 is 5.28. The van der Waals surface area contributed by atoms with Crippen LogP contribution in [0.3, 0.4) is 0 Å². The van der Waals surface area contributed by atoms with Crippen LogP contribution in [0.15, 0.2) is 65.7 Å². The number of carbonyl (C=O) groups is 5. The van der Waals surface area contributed by atoms with E-state index in [1.54, 1.807) is 24.3 Å². The second-order valence-corrected chi connectivity index (χ2v) is 9.96. The summed E-state index contributed by atoms with van der Waals surface area (Å²) >= 11 is 0. The van der Waals surface area contributed by atoms with Crippen molar-refractivity contribution in [3.05, 3.63) is 71.8 Å². The minimum absolute atomic E-state index is 0.00373. The Morgan fingerprint density at radius 1 is 0.841 bits per heavy atom. The number of likely N-dealkylation sites (N-methyl/N-ethyl adjacent to an activating group) is 1. The van der Waals surface area contributed by atoms with E-state index in [9.17, 15) is 29.1 Å². The van der Waals surface area contributed by atoms with Crippen LogP contribution in [-0.4, -0.2) is 78.5 Å². The number of guanidine groups is 1. The molecule has 0 fully saturated rings. The highest BCUT2D eigenvalue weighted by Gasteiger charge is 2.33. The number of alkyl carbamates (subject to hydrolysis) is 1. The average molecular weight is 612 g/mol. The van der Waals surface area contributed by atoms with Gasteiger partial charge in [0.15, 0.2) is 5.96 Å². The van der Waals surface area contributed by atoms with E-state index in [-0.39, 0.29) is 38.4 Å². The van der Waals surface area contributed by atoms with Crippen molar-refractivity contribution in [1.82, 2.24) is 21.3 Å². The van der Waals surface area contributed by atoms with Crippen molar-refractivity contribution in [3.63, 3.8) is 0 Å². The van der Waals surface area contributed by atoms with E-state index in [2.05, 4.69) is 26.3 Å². The molecule has 14 heteroatoms. The van der Waals surface area contributed by atoms with Gasteiger partial charge in [-0.3, -0.25) is 24.2 Å². The van der Waals surface area contributed by atoms with Gasteiger partial charge in [-0.2, -0.15) is 0 Å². The minimum Gasteiger partial charge on any atom is -0.445 e. The Kier molecular flexibility index (Phi) is 14.8. The number of Topliss-reactive ketones (excluding diaryl/α,β-unsaturated/α-hetero) is 1. The molecular formula is C30H41N7O7. The Hall–Kier alpha value is -4.98. The number of benzene rings is 2. The lowest BCUT2D eigenvalue weighted by atomic mass is 10.0. The Bertz CT molecular complexity index is 1270. The molecule has 0 aliphatic carbocycles. The van der Waals surface area contributed by atoms with Crippen LogP contribution >= 0.6 is 0 Å². The number of aliphatic hydroxyl groups is 1. The number of ketones is 1. The zero-order valence-corrected chi connectivity index (χ0v) is 24.8. The zero-order chi connectivity index (χ0) is 32.5. The maximum atomic E-state index is 13.4. The molecule has 44 heavy (non-hydrogen) atoms. The number of nitrogens with zero attached hydrogens (tertiary/aromatic N) is 1. The molecule has 9 N–H and O–H groups in total. The summed E-state index contributed by atoms with van der Waals surface area (Å²) in [5.74, 6) is -3.69. The van der Waals surface area contributed by atoms with Crippen molar-refractivity contribution in [1.29, 1.82) is 0 Å². The normalized spacial score (nSPS) is 13.2. The summed E-state index contributed by atoms with van der Waals surface area (Å²) in [6.45, 7) is 1.39. The first-order valence-corrected chi connectivity index (χ1v) is 14.1. The van der Waals surface area contributed by atoms with Gasteiger partial charge in [-0.05, 0) is 43.7 Å². The van der Waals surface area contributed by atoms with Crippen LogP contribution in [0.1, 0.15) is 37.3 Å². The monoisotopic (exact) mass is 611 g/mol. The molecule has 4 amide bonds. The van der Waals surface area contributed by atoms with Crippen LogP contribution in [-0.2, 0) is 36.9 Å². The van der Waals surface area contributed by atoms with E-state index in [4.69, 9.17) is 16.2 Å². The Balaban J connectivity index is 2.16. The maximum absolute atomic E-state index is 13.4. The quantitative estimate of drug-likeness (QED) is 0.0535. The maximum Gasteiger partial charge on any atom is 0.408 e. The summed E-state index contributed by atoms with van der Waals surface area (Å²) in [7, 11) is 1.27. The number of hydrogen-bond acceptors (Lipinski definition) is 8. The summed E-state index contributed by atoms with van der Waals surface area (Å²) in [4.78, 5) is 67.8. The number of ether oxygens (including phenoxy) is 1. The first kappa shape index (κ1) is 35.2. The van der Waals surface area contributed by atoms with Gasteiger partial charge in [0.05, 0.1) is 12.1 Å². The third-order valence-electron chi connectivity index (χ3n) is 6.48. The van der Waals surface area contributed by atoms with Crippen LogP contribution in [0.25, 0.3) is 0 Å². The van der Waals surface area contributed by atoms with Crippen molar-refractivity contribution in [2.75, 3.05) is 13.6 Å². The molecule has 4 atom stereocenters. The van der Waals surface area contributed by atoms with Crippen molar-refractivity contribution in [2.24, 2.45) is 16.5 Å². The third-order valence-corrected chi connectivity index (χ3v) is 6.48. The SMILES string of the molecule is CNC(=O)C(=O)[C@H](CCCN=C(N)N)NC(=O)[C@@H](NC(=O)[C@H](CCc1ccccc1)NC(=O)OCc1ccccc1)[C@@H](C)O. The van der Waals surface area contributed by atoms with Gasteiger partial charge in [-0.15, -0.1) is 0 Å². The Morgan fingerprint density at radius 3 is 2.02 bits per heavy atom. The second kappa shape index (κ2) is 18.5. The Morgan fingerprint density at radius 2 is 1.45 bits per heavy atom. The average Bonchev–Trinajstić information content (AvgIpc) is 3.01. The standard InChI is InChI=1S/C30H41N7O7/c1-19(38)24(27(41)35-22(25(39)28(42)33-2)14-9-17-34-29(31)32)37-26(40)23(16-15-20-10-5-3-6-11-20)36-30(43)44-18-21-12-7-4-8-13-21/h3-8,10-13,19,22-24,38H,9,14-18H2,1-2H3,(H,33,42)(H,35,41)(H,36,43)(H,37,40)(H4,31,32,34)/t19-,22+,23+,24+/m1/s1. The molecule has 0 heterocycles. The fraction of sp³-hybridized carbons (Fsp3) is 0.400. The first-order chi connectivity index (χ1) is 21.0. The van der Waals surface area contributed by atoms with Crippen LogP contribution < -0.4 is 32.7 Å². The summed E-state index contributed by atoms with van der Waals surface area (Å²) in [5, 5.41) is 20.1. The molecule has 0 aromatic heterocycles. The van der Waals surface area contributed by atoms with Gasteiger partial charge in [0.1, 0.15) is 18.7 Å². The molecule has 0 spiro atoms. The molecule has 0 aliphatic heterocycles. The highest BCUT2D eigenvalue weighted by atomic mass is 16.5. The van der Waals surface area contributed by atoms with E-state index in [0.29, 0.717) is 6.42 Å². The van der Waals surface area contributed by atoms with E-state index < -0.39 is 53.8 Å². The van der Waals surface area contributed by atoms with E-state index in [0.717, 1.165) is 11.1 Å². The topological polar surface area (TPSA) is 227 Å². The van der Waals surface area contributed by atoms with Gasteiger partial charge in [0.2, 0.25) is 17.6 Å². The molecule has 0 aliphatic rings. The lowest BCUT2D eigenvalue weighted by molar-refractivity contribution is -0.140. The smallest absolute Gasteiger partial charge is 0.408 e. The predicted molar refractivity (Wildman–Crippen MR) is 163 cm³/mol. The van der Waals surface area contributed by atoms with Crippen molar-refractivity contribution >= 4 is 35.6 Å². The van der Waals surface area contributed by atoms with Gasteiger partial charge < -0.3 is 42.6 Å². The second-order valence-electron chi connectivity index (χ2n) is 9.96. The lowest BCUT2D eigenvalue weighted by Gasteiger charge is -2.26. The molecule has 0 unspecified atom stereocenters. The molecule has 2 aromatic rings. The zero-order valence-electron chi connectivity index (χ0n) is 24.8. The van der Waals surface area contributed by atoms with Gasteiger partial charge in [-0.1, -0.05) is 60.7 Å². The number of aryl methyl sites for hydroxylation is 1. The van der Waals surface area contributed by atoms with E-state index in [1.165, 1.54) is 14.0 Å². The van der Waals surface area contributed by atoms with Crippen LogP contribution in [0.5, 0.6) is 0 Å². The molecule has 0 saturated carbocycles. The van der Waals surface area contributed by atoms with Crippen LogP contribution in [0, 0.1) is 0 Å². The molecule has 0 radical (unpaired) electrons. The van der Waals surface area contributed by atoms with Gasteiger partial charge in [-0.25, -0.2) is 4.79 Å².